The molecule has 2 atom stereocenters. The third-order valence-electron chi connectivity index (χ3n) is 3.49. The Labute approximate surface area is 104 Å². The normalized spacial score (nSPS) is 23.9. The first-order chi connectivity index (χ1) is 8.29. The van der Waals surface area contributed by atoms with Crippen molar-refractivity contribution in [3.8, 4) is 11.8 Å². The quantitative estimate of drug-likeness (QED) is 0.732. The third-order valence-corrected chi connectivity index (χ3v) is 3.49. The molecule has 0 unspecified atom stereocenters. The Bertz CT molecular complexity index is 407. The van der Waals surface area contributed by atoms with Gasteiger partial charge in [-0.1, -0.05) is 43.7 Å². The lowest BCUT2D eigenvalue weighted by Crippen LogP contribution is -2.22. The molecule has 1 nitrogen and oxygen atoms in total. The van der Waals surface area contributed by atoms with Crippen LogP contribution in [0.15, 0.2) is 24.3 Å². The highest BCUT2D eigenvalue weighted by Crippen LogP contribution is 2.23. The van der Waals surface area contributed by atoms with Gasteiger partial charge in [-0.3, -0.25) is 0 Å². The van der Waals surface area contributed by atoms with Crippen LogP contribution in [0, 0.1) is 17.8 Å². The first-order valence-corrected chi connectivity index (χ1v) is 6.58. The summed E-state index contributed by atoms with van der Waals surface area (Å²) in [7, 11) is 0. The fourth-order valence-electron chi connectivity index (χ4n) is 2.28. The highest BCUT2D eigenvalue weighted by molar-refractivity contribution is 5.36. The highest BCUT2D eigenvalue weighted by atomic mass is 16.3. The fraction of sp³-hybridized carbons (Fsp3) is 0.500. The van der Waals surface area contributed by atoms with Crippen molar-refractivity contribution >= 4 is 0 Å². The molecular weight excluding hydrogens is 208 g/mol. The van der Waals surface area contributed by atoms with Gasteiger partial charge in [0.25, 0.3) is 0 Å². The minimum atomic E-state index is -0.217. The summed E-state index contributed by atoms with van der Waals surface area (Å²) in [5.41, 5.74) is 2.40. The number of aliphatic hydroxyl groups is 1. The zero-order valence-electron chi connectivity index (χ0n) is 10.4. The Morgan fingerprint density at radius 2 is 1.88 bits per heavy atom. The van der Waals surface area contributed by atoms with Crippen LogP contribution in [0.4, 0.5) is 0 Å². The molecule has 2 rings (SSSR count). The molecule has 1 aromatic carbocycles. The molecule has 0 amide bonds. The third kappa shape index (κ3) is 3.35. The molecule has 0 bridgehead atoms. The molecule has 90 valence electrons. The Morgan fingerprint density at radius 3 is 2.53 bits per heavy atom. The summed E-state index contributed by atoms with van der Waals surface area (Å²) < 4.78 is 0. The van der Waals surface area contributed by atoms with Gasteiger partial charge in [0.2, 0.25) is 0 Å². The van der Waals surface area contributed by atoms with Crippen molar-refractivity contribution < 1.29 is 5.11 Å². The predicted molar refractivity (Wildman–Crippen MR) is 70.7 cm³/mol. The van der Waals surface area contributed by atoms with Crippen LogP contribution in [0.1, 0.15) is 43.7 Å². The van der Waals surface area contributed by atoms with Gasteiger partial charge in [0, 0.05) is 11.5 Å². The van der Waals surface area contributed by atoms with Gasteiger partial charge in [-0.2, -0.15) is 0 Å². The molecule has 0 aromatic heterocycles. The zero-order chi connectivity index (χ0) is 12.1. The van der Waals surface area contributed by atoms with E-state index in [4.69, 9.17) is 0 Å². The molecule has 1 aromatic rings. The molecule has 1 saturated carbocycles. The van der Waals surface area contributed by atoms with Gasteiger partial charge < -0.3 is 5.11 Å². The highest BCUT2D eigenvalue weighted by Gasteiger charge is 2.20. The average Bonchev–Trinajstić information content (AvgIpc) is 2.38. The molecule has 0 spiro atoms. The first-order valence-electron chi connectivity index (χ1n) is 6.58. The fourth-order valence-corrected chi connectivity index (χ4v) is 2.28. The van der Waals surface area contributed by atoms with Crippen molar-refractivity contribution in [3.63, 3.8) is 0 Å². The summed E-state index contributed by atoms with van der Waals surface area (Å²) in [5.74, 6) is 6.59. The van der Waals surface area contributed by atoms with Gasteiger partial charge in [0.15, 0.2) is 0 Å². The van der Waals surface area contributed by atoms with Crippen LogP contribution in [0.5, 0.6) is 0 Å². The molecule has 1 N–H and O–H groups in total. The minimum Gasteiger partial charge on any atom is -0.392 e. The topological polar surface area (TPSA) is 20.2 Å². The maximum atomic E-state index is 9.83. The van der Waals surface area contributed by atoms with Crippen LogP contribution < -0.4 is 0 Å². The van der Waals surface area contributed by atoms with Crippen LogP contribution >= 0.6 is 0 Å². The van der Waals surface area contributed by atoms with Crippen molar-refractivity contribution in [1.29, 1.82) is 0 Å². The number of aryl methyl sites for hydroxylation is 1. The molecule has 0 saturated heterocycles. The van der Waals surface area contributed by atoms with Crippen molar-refractivity contribution in [2.24, 2.45) is 5.92 Å². The van der Waals surface area contributed by atoms with E-state index >= 15 is 0 Å². The number of hydrogen-bond acceptors (Lipinski definition) is 1. The van der Waals surface area contributed by atoms with Gasteiger partial charge in [0.1, 0.15) is 0 Å². The van der Waals surface area contributed by atoms with Crippen LogP contribution in [0.3, 0.4) is 0 Å². The van der Waals surface area contributed by atoms with Crippen LogP contribution in [-0.2, 0) is 6.42 Å². The van der Waals surface area contributed by atoms with Gasteiger partial charge in [0.05, 0.1) is 6.10 Å². The van der Waals surface area contributed by atoms with Gasteiger partial charge in [-0.05, 0) is 37.0 Å². The minimum absolute atomic E-state index is 0.176. The second kappa shape index (κ2) is 5.89. The molecule has 1 aliphatic rings. The van der Waals surface area contributed by atoms with E-state index in [0.29, 0.717) is 0 Å². The van der Waals surface area contributed by atoms with E-state index in [1.54, 1.807) is 0 Å². The maximum absolute atomic E-state index is 9.83. The maximum Gasteiger partial charge on any atom is 0.0677 e. The largest absolute Gasteiger partial charge is 0.392 e. The molecule has 0 aliphatic heterocycles. The lowest BCUT2D eigenvalue weighted by Gasteiger charge is -2.22. The molecule has 0 radical (unpaired) electrons. The summed E-state index contributed by atoms with van der Waals surface area (Å²) in [6.07, 6.45) is 5.14. The van der Waals surface area contributed by atoms with E-state index in [9.17, 15) is 5.11 Å². The van der Waals surface area contributed by atoms with E-state index in [1.165, 1.54) is 12.0 Å². The molecule has 1 aliphatic carbocycles. The number of rotatable bonds is 1. The van der Waals surface area contributed by atoms with Crippen LogP contribution in [0.2, 0.25) is 0 Å². The second-order valence-corrected chi connectivity index (χ2v) is 4.78. The summed E-state index contributed by atoms with van der Waals surface area (Å²) in [5, 5.41) is 9.83. The lowest BCUT2D eigenvalue weighted by molar-refractivity contribution is 0.0970. The number of aliphatic hydroxyl groups excluding tert-OH is 1. The Kier molecular flexibility index (Phi) is 4.23. The monoisotopic (exact) mass is 228 g/mol. The van der Waals surface area contributed by atoms with E-state index in [0.717, 1.165) is 31.2 Å². The van der Waals surface area contributed by atoms with Crippen LogP contribution in [0.25, 0.3) is 0 Å². The molecule has 0 heterocycles. The van der Waals surface area contributed by atoms with E-state index in [-0.39, 0.29) is 12.0 Å². The first kappa shape index (κ1) is 12.2. The van der Waals surface area contributed by atoms with E-state index < -0.39 is 0 Å². The molecule has 1 fully saturated rings. The van der Waals surface area contributed by atoms with Gasteiger partial charge >= 0.3 is 0 Å². The molecule has 17 heavy (non-hydrogen) atoms. The Hall–Kier alpha value is -1.26. The van der Waals surface area contributed by atoms with Gasteiger partial charge in [-0.25, -0.2) is 0 Å². The van der Waals surface area contributed by atoms with E-state index in [2.05, 4.69) is 43.0 Å². The van der Waals surface area contributed by atoms with Crippen molar-refractivity contribution in [2.75, 3.05) is 0 Å². The van der Waals surface area contributed by atoms with Crippen molar-refractivity contribution in [2.45, 2.75) is 45.1 Å². The average molecular weight is 228 g/mol. The summed E-state index contributed by atoms with van der Waals surface area (Å²) >= 11 is 0. The predicted octanol–water partition coefficient (Wildman–Crippen LogP) is 3.15. The van der Waals surface area contributed by atoms with Crippen LogP contribution in [-0.4, -0.2) is 11.2 Å². The lowest BCUT2D eigenvalue weighted by atomic mass is 9.87. The van der Waals surface area contributed by atoms with Crippen molar-refractivity contribution in [1.82, 2.24) is 0 Å². The van der Waals surface area contributed by atoms with Crippen molar-refractivity contribution in [3.05, 3.63) is 35.4 Å². The standard InChI is InChI=1S/C16H20O/c1-2-13-7-9-14(10-8-13)11-12-15-5-3-4-6-16(15)17/h7-10,15-17H,2-6H2,1H3/t15-,16+/m1/s1. The van der Waals surface area contributed by atoms with E-state index in [1.807, 2.05) is 0 Å². The number of benzene rings is 1. The smallest absolute Gasteiger partial charge is 0.0677 e. The molecule has 1 heteroatoms. The summed E-state index contributed by atoms with van der Waals surface area (Å²) in [4.78, 5) is 0. The zero-order valence-corrected chi connectivity index (χ0v) is 10.4. The number of hydrogen-bond donors (Lipinski definition) is 1. The SMILES string of the molecule is CCc1ccc(C#C[C@H]2CCCC[C@@H]2O)cc1. The van der Waals surface area contributed by atoms with Gasteiger partial charge in [-0.15, -0.1) is 0 Å². The Balaban J connectivity index is 2.04. The molecular formula is C16H20O. The summed E-state index contributed by atoms with van der Waals surface area (Å²) in [6, 6.07) is 8.39. The second-order valence-electron chi connectivity index (χ2n) is 4.78. The Morgan fingerprint density at radius 1 is 1.18 bits per heavy atom. The summed E-state index contributed by atoms with van der Waals surface area (Å²) in [6.45, 7) is 2.15.